The molecule has 0 bridgehead atoms. The molecule has 1 aliphatic heterocycles. The lowest BCUT2D eigenvalue weighted by Gasteiger charge is -2.38. The van der Waals surface area contributed by atoms with Crippen LogP contribution < -0.4 is 0 Å². The molecule has 0 spiro atoms. The van der Waals surface area contributed by atoms with Gasteiger partial charge in [0.1, 0.15) is 5.88 Å². The van der Waals surface area contributed by atoms with Crippen molar-refractivity contribution in [2.75, 3.05) is 17.4 Å². The minimum atomic E-state index is -2.96. The molecule has 1 amide bonds. The van der Waals surface area contributed by atoms with E-state index >= 15 is 0 Å². The summed E-state index contributed by atoms with van der Waals surface area (Å²) in [5.74, 6) is 0.168. The van der Waals surface area contributed by atoms with Gasteiger partial charge >= 0.3 is 0 Å². The van der Waals surface area contributed by atoms with Gasteiger partial charge in [-0.2, -0.15) is 0 Å². The summed E-state index contributed by atoms with van der Waals surface area (Å²) in [5.41, 5.74) is 0. The van der Waals surface area contributed by atoms with Gasteiger partial charge in [0.15, 0.2) is 9.84 Å². The lowest BCUT2D eigenvalue weighted by molar-refractivity contribution is -0.133. The van der Waals surface area contributed by atoms with Crippen LogP contribution in [-0.2, 0) is 14.6 Å². The number of alkyl halides is 1. The summed E-state index contributed by atoms with van der Waals surface area (Å²) < 4.78 is 23.1. The Kier molecular flexibility index (Phi) is 4.54. The highest BCUT2D eigenvalue weighted by Crippen LogP contribution is 2.28. The predicted octanol–water partition coefficient (Wildman–Crippen LogP) is 1.57. The van der Waals surface area contributed by atoms with Crippen molar-refractivity contribution < 1.29 is 13.2 Å². The molecule has 0 radical (unpaired) electrons. The summed E-state index contributed by atoms with van der Waals surface area (Å²) >= 11 is 5.67. The normalized spacial score (nSPS) is 28.2. The SMILES string of the molecule is O=C(CCl)N(C1CCCCC1)C1CCS(=O)(=O)C1. The van der Waals surface area contributed by atoms with E-state index in [9.17, 15) is 13.2 Å². The summed E-state index contributed by atoms with van der Waals surface area (Å²) in [4.78, 5) is 13.8. The molecule has 1 atom stereocenters. The molecule has 18 heavy (non-hydrogen) atoms. The summed E-state index contributed by atoms with van der Waals surface area (Å²) in [6, 6.07) is 0.0487. The van der Waals surface area contributed by atoms with Gasteiger partial charge in [0.05, 0.1) is 11.5 Å². The first-order chi connectivity index (χ1) is 8.53. The predicted molar refractivity (Wildman–Crippen MR) is 71.5 cm³/mol. The van der Waals surface area contributed by atoms with Crippen LogP contribution in [0.1, 0.15) is 38.5 Å². The molecule has 6 heteroatoms. The van der Waals surface area contributed by atoms with Crippen LogP contribution in [0.3, 0.4) is 0 Å². The number of sulfone groups is 1. The van der Waals surface area contributed by atoms with Gasteiger partial charge < -0.3 is 4.90 Å². The van der Waals surface area contributed by atoms with Crippen LogP contribution in [0.4, 0.5) is 0 Å². The van der Waals surface area contributed by atoms with Crippen LogP contribution in [0.15, 0.2) is 0 Å². The van der Waals surface area contributed by atoms with E-state index < -0.39 is 9.84 Å². The van der Waals surface area contributed by atoms with E-state index in [0.29, 0.717) is 6.42 Å². The number of rotatable bonds is 3. The first-order valence-corrected chi connectivity index (χ1v) is 8.96. The number of hydrogen-bond donors (Lipinski definition) is 0. The van der Waals surface area contributed by atoms with Crippen molar-refractivity contribution in [2.45, 2.75) is 50.6 Å². The topological polar surface area (TPSA) is 54.5 Å². The van der Waals surface area contributed by atoms with Crippen molar-refractivity contribution in [2.24, 2.45) is 0 Å². The van der Waals surface area contributed by atoms with Gasteiger partial charge in [0.2, 0.25) is 5.91 Å². The summed E-state index contributed by atoms with van der Waals surface area (Å²) in [6.45, 7) is 0. The average Bonchev–Trinajstić information content (AvgIpc) is 2.71. The van der Waals surface area contributed by atoms with E-state index in [1.807, 2.05) is 0 Å². The number of amides is 1. The largest absolute Gasteiger partial charge is 0.335 e. The van der Waals surface area contributed by atoms with E-state index in [2.05, 4.69) is 0 Å². The van der Waals surface area contributed by atoms with Gasteiger partial charge in [-0.05, 0) is 19.3 Å². The molecular weight excluding hydrogens is 274 g/mol. The van der Waals surface area contributed by atoms with Crippen molar-refractivity contribution >= 4 is 27.3 Å². The highest BCUT2D eigenvalue weighted by atomic mass is 35.5. The number of carbonyl (C=O) groups excluding carboxylic acids is 1. The zero-order valence-electron chi connectivity index (χ0n) is 10.5. The number of halogens is 1. The quantitative estimate of drug-likeness (QED) is 0.742. The fourth-order valence-corrected chi connectivity index (χ4v) is 4.98. The van der Waals surface area contributed by atoms with Gasteiger partial charge in [-0.1, -0.05) is 19.3 Å². The van der Waals surface area contributed by atoms with Crippen LogP contribution in [0.5, 0.6) is 0 Å². The number of carbonyl (C=O) groups is 1. The maximum Gasteiger partial charge on any atom is 0.238 e. The number of hydrogen-bond acceptors (Lipinski definition) is 3. The van der Waals surface area contributed by atoms with Crippen molar-refractivity contribution in [3.63, 3.8) is 0 Å². The Labute approximate surface area is 114 Å². The molecule has 2 rings (SSSR count). The Bertz CT molecular complexity index is 404. The summed E-state index contributed by atoms with van der Waals surface area (Å²) in [7, 11) is -2.96. The van der Waals surface area contributed by atoms with Crippen molar-refractivity contribution in [3.05, 3.63) is 0 Å². The third-order valence-electron chi connectivity index (χ3n) is 3.97. The first kappa shape index (κ1) is 14.1. The van der Waals surface area contributed by atoms with E-state index in [4.69, 9.17) is 11.6 Å². The highest BCUT2D eigenvalue weighted by molar-refractivity contribution is 7.91. The van der Waals surface area contributed by atoms with Crippen LogP contribution in [0, 0.1) is 0 Å². The second-order valence-corrected chi connectivity index (χ2v) is 7.78. The molecular formula is C12H20ClNO3S. The smallest absolute Gasteiger partial charge is 0.238 e. The molecule has 1 saturated heterocycles. The maximum atomic E-state index is 12.0. The van der Waals surface area contributed by atoms with Crippen LogP contribution in [0.2, 0.25) is 0 Å². The molecule has 2 fully saturated rings. The van der Waals surface area contributed by atoms with Gasteiger partial charge in [-0.15, -0.1) is 11.6 Å². The van der Waals surface area contributed by atoms with Crippen LogP contribution >= 0.6 is 11.6 Å². The molecule has 0 aromatic rings. The van der Waals surface area contributed by atoms with Crippen molar-refractivity contribution in [3.8, 4) is 0 Å². The zero-order chi connectivity index (χ0) is 13.2. The van der Waals surface area contributed by atoms with Gasteiger partial charge in [-0.25, -0.2) is 8.42 Å². The third kappa shape index (κ3) is 3.18. The number of nitrogens with zero attached hydrogens (tertiary/aromatic N) is 1. The first-order valence-electron chi connectivity index (χ1n) is 6.61. The van der Waals surface area contributed by atoms with Crippen molar-refractivity contribution in [1.29, 1.82) is 0 Å². The third-order valence-corrected chi connectivity index (χ3v) is 5.95. The fourth-order valence-electron chi connectivity index (χ4n) is 3.13. The van der Waals surface area contributed by atoms with E-state index in [1.54, 1.807) is 4.90 Å². The van der Waals surface area contributed by atoms with Gasteiger partial charge in [0, 0.05) is 12.1 Å². The second-order valence-electron chi connectivity index (χ2n) is 5.28. The van der Waals surface area contributed by atoms with Gasteiger partial charge in [0.25, 0.3) is 0 Å². The molecule has 0 aromatic carbocycles. The standard InChI is InChI=1S/C12H20ClNO3S/c13-8-12(15)14(10-4-2-1-3-5-10)11-6-7-18(16,17)9-11/h10-11H,1-9H2. The Morgan fingerprint density at radius 3 is 2.28 bits per heavy atom. The molecule has 0 aromatic heterocycles. The van der Waals surface area contributed by atoms with E-state index in [1.165, 1.54) is 6.42 Å². The van der Waals surface area contributed by atoms with Crippen LogP contribution in [-0.4, -0.2) is 48.7 Å². The lowest BCUT2D eigenvalue weighted by Crippen LogP contribution is -2.49. The average molecular weight is 294 g/mol. The maximum absolute atomic E-state index is 12.0. The molecule has 1 heterocycles. The molecule has 0 N–H and O–H groups in total. The Balaban J connectivity index is 2.12. The van der Waals surface area contributed by atoms with Crippen LogP contribution in [0.25, 0.3) is 0 Å². The monoisotopic (exact) mass is 293 g/mol. The molecule has 2 aliphatic rings. The highest BCUT2D eigenvalue weighted by Gasteiger charge is 2.38. The lowest BCUT2D eigenvalue weighted by atomic mass is 9.93. The van der Waals surface area contributed by atoms with Gasteiger partial charge in [-0.3, -0.25) is 4.79 Å². The Morgan fingerprint density at radius 2 is 1.78 bits per heavy atom. The molecule has 1 aliphatic carbocycles. The summed E-state index contributed by atoms with van der Waals surface area (Å²) in [6.07, 6.45) is 5.99. The minimum absolute atomic E-state index is 0.0486. The Morgan fingerprint density at radius 1 is 1.11 bits per heavy atom. The second kappa shape index (κ2) is 5.78. The van der Waals surface area contributed by atoms with Crippen molar-refractivity contribution in [1.82, 2.24) is 4.90 Å². The molecule has 4 nitrogen and oxygen atoms in total. The minimum Gasteiger partial charge on any atom is -0.335 e. The molecule has 104 valence electrons. The van der Waals surface area contributed by atoms with E-state index in [-0.39, 0.29) is 35.4 Å². The Hall–Kier alpha value is -0.290. The molecule has 1 saturated carbocycles. The molecule has 1 unspecified atom stereocenters. The van der Waals surface area contributed by atoms with E-state index in [0.717, 1.165) is 25.7 Å². The fraction of sp³-hybridized carbons (Fsp3) is 0.917. The zero-order valence-corrected chi connectivity index (χ0v) is 12.0. The summed E-state index contributed by atoms with van der Waals surface area (Å²) in [5, 5.41) is 0.